The fourth-order valence-electron chi connectivity index (χ4n) is 4.00. The molecule has 2 unspecified atom stereocenters. The third kappa shape index (κ3) is 4.68. The van der Waals surface area contributed by atoms with Crippen molar-refractivity contribution >= 4 is 11.4 Å². The zero-order valence-electron chi connectivity index (χ0n) is 16.6. The first-order valence-corrected chi connectivity index (χ1v) is 10.1. The highest BCUT2D eigenvalue weighted by atomic mass is 15.2. The van der Waals surface area contributed by atoms with Gasteiger partial charge in [-0.05, 0) is 51.7 Å². The van der Waals surface area contributed by atoms with E-state index in [9.17, 15) is 0 Å². The minimum Gasteiger partial charge on any atom is -0.381 e. The van der Waals surface area contributed by atoms with Crippen LogP contribution in [0.2, 0.25) is 0 Å². The lowest BCUT2D eigenvalue weighted by molar-refractivity contribution is 0.351. The van der Waals surface area contributed by atoms with E-state index in [0.717, 1.165) is 0 Å². The molecule has 0 spiro atoms. The fourth-order valence-corrected chi connectivity index (χ4v) is 4.00. The predicted octanol–water partition coefficient (Wildman–Crippen LogP) is 6.47. The lowest BCUT2D eigenvalue weighted by Gasteiger charge is -2.42. The van der Waals surface area contributed by atoms with Crippen molar-refractivity contribution in [3.8, 4) is 0 Å². The largest absolute Gasteiger partial charge is 0.381 e. The highest BCUT2D eigenvalue weighted by Crippen LogP contribution is 2.38. The lowest BCUT2D eigenvalue weighted by Crippen LogP contribution is -2.47. The van der Waals surface area contributed by atoms with Gasteiger partial charge in [0.2, 0.25) is 0 Å². The Morgan fingerprint density at radius 1 is 1.08 bits per heavy atom. The molecular weight excluding hydrogens is 292 g/mol. The minimum atomic E-state index is 0.209. The van der Waals surface area contributed by atoms with Gasteiger partial charge in [0.25, 0.3) is 0 Å². The molecule has 0 radical (unpaired) electrons. The molecule has 1 aromatic rings. The second kappa shape index (κ2) is 8.78. The highest BCUT2D eigenvalue weighted by Gasteiger charge is 2.34. The molecule has 1 aromatic carbocycles. The van der Waals surface area contributed by atoms with Gasteiger partial charge in [-0.2, -0.15) is 0 Å². The summed E-state index contributed by atoms with van der Waals surface area (Å²) < 4.78 is 0. The van der Waals surface area contributed by atoms with Gasteiger partial charge in [-0.15, -0.1) is 0 Å². The van der Waals surface area contributed by atoms with Gasteiger partial charge in [-0.3, -0.25) is 0 Å². The number of unbranched alkanes of at least 4 members (excludes halogenated alkanes) is 3. The zero-order chi connectivity index (χ0) is 17.6. The van der Waals surface area contributed by atoms with E-state index < -0.39 is 0 Å². The zero-order valence-corrected chi connectivity index (χ0v) is 16.6. The summed E-state index contributed by atoms with van der Waals surface area (Å²) in [4.78, 5) is 2.70. The van der Waals surface area contributed by atoms with Crippen molar-refractivity contribution in [1.82, 2.24) is 0 Å². The highest BCUT2D eigenvalue weighted by molar-refractivity contribution is 5.72. The summed E-state index contributed by atoms with van der Waals surface area (Å²) in [5.41, 5.74) is 2.91. The number of anilines is 2. The van der Waals surface area contributed by atoms with Crippen LogP contribution in [0.4, 0.5) is 11.4 Å². The van der Waals surface area contributed by atoms with Crippen LogP contribution in [0.1, 0.15) is 79.6 Å². The SMILES string of the molecule is CCCCCC1CN(C(C)(C)CCCC)c2ccccc2NC1C. The number of nitrogens with zero attached hydrogens (tertiary/aromatic N) is 1. The van der Waals surface area contributed by atoms with Gasteiger partial charge in [0.15, 0.2) is 0 Å². The molecule has 24 heavy (non-hydrogen) atoms. The first-order chi connectivity index (χ1) is 11.5. The molecule has 136 valence electrons. The Labute approximate surface area is 150 Å². The van der Waals surface area contributed by atoms with E-state index in [1.54, 1.807) is 0 Å². The minimum absolute atomic E-state index is 0.209. The molecule has 0 amide bonds. The predicted molar refractivity (Wildman–Crippen MR) is 108 cm³/mol. The lowest BCUT2D eigenvalue weighted by atomic mass is 9.90. The van der Waals surface area contributed by atoms with E-state index in [1.807, 2.05) is 0 Å². The normalized spacial score (nSPS) is 21.1. The van der Waals surface area contributed by atoms with Crippen LogP contribution in [0, 0.1) is 5.92 Å². The summed E-state index contributed by atoms with van der Waals surface area (Å²) in [5, 5.41) is 3.82. The van der Waals surface area contributed by atoms with Gasteiger partial charge in [-0.25, -0.2) is 0 Å². The van der Waals surface area contributed by atoms with Crippen LogP contribution < -0.4 is 10.2 Å². The van der Waals surface area contributed by atoms with Gasteiger partial charge in [0.05, 0.1) is 11.4 Å². The van der Waals surface area contributed by atoms with Gasteiger partial charge < -0.3 is 10.2 Å². The van der Waals surface area contributed by atoms with Crippen LogP contribution in [0.15, 0.2) is 24.3 Å². The van der Waals surface area contributed by atoms with Crippen LogP contribution in [-0.4, -0.2) is 18.1 Å². The summed E-state index contributed by atoms with van der Waals surface area (Å²) in [7, 11) is 0. The average Bonchev–Trinajstić information content (AvgIpc) is 2.70. The quantitative estimate of drug-likeness (QED) is 0.549. The van der Waals surface area contributed by atoms with Crippen molar-refractivity contribution < 1.29 is 0 Å². The monoisotopic (exact) mass is 330 g/mol. The summed E-state index contributed by atoms with van der Waals surface area (Å²) in [5.74, 6) is 0.713. The Morgan fingerprint density at radius 3 is 2.50 bits per heavy atom. The standard InChI is InChI=1S/C22H38N2/c1-6-8-10-13-19-17-24(22(4,5)16-9-7-2)21-15-12-11-14-20(21)23-18(19)3/h11-12,14-15,18-19,23H,6-10,13,16-17H2,1-5H3. The van der Waals surface area contributed by atoms with E-state index in [4.69, 9.17) is 0 Å². The molecule has 1 N–H and O–H groups in total. The Kier molecular flexibility index (Phi) is 7.01. The van der Waals surface area contributed by atoms with Crippen LogP contribution in [0.25, 0.3) is 0 Å². The maximum atomic E-state index is 3.82. The number of benzene rings is 1. The first kappa shape index (κ1) is 19.1. The van der Waals surface area contributed by atoms with E-state index in [2.05, 4.69) is 69.1 Å². The van der Waals surface area contributed by atoms with Gasteiger partial charge in [0, 0.05) is 18.1 Å². The summed E-state index contributed by atoms with van der Waals surface area (Å²) in [6, 6.07) is 9.44. The topological polar surface area (TPSA) is 15.3 Å². The van der Waals surface area contributed by atoms with Crippen molar-refractivity contribution in [2.75, 3.05) is 16.8 Å². The average molecular weight is 331 g/mol. The molecule has 0 fully saturated rings. The fraction of sp³-hybridized carbons (Fsp3) is 0.727. The van der Waals surface area contributed by atoms with Crippen LogP contribution >= 0.6 is 0 Å². The van der Waals surface area contributed by atoms with Crippen molar-refractivity contribution in [2.45, 2.75) is 91.1 Å². The number of para-hydroxylation sites is 2. The van der Waals surface area contributed by atoms with Crippen LogP contribution in [-0.2, 0) is 0 Å². The summed E-state index contributed by atoms with van der Waals surface area (Å²) in [6.45, 7) is 13.0. The number of hydrogen-bond acceptors (Lipinski definition) is 2. The van der Waals surface area contributed by atoms with Crippen molar-refractivity contribution in [2.24, 2.45) is 5.92 Å². The van der Waals surface area contributed by atoms with Crippen LogP contribution in [0.5, 0.6) is 0 Å². The molecule has 0 bridgehead atoms. The molecule has 2 nitrogen and oxygen atoms in total. The number of hydrogen-bond donors (Lipinski definition) is 1. The van der Waals surface area contributed by atoms with Crippen LogP contribution in [0.3, 0.4) is 0 Å². The second-order valence-corrected chi connectivity index (χ2v) is 8.23. The summed E-state index contributed by atoms with van der Waals surface area (Å²) in [6.07, 6.45) is 9.18. The Balaban J connectivity index is 2.26. The first-order valence-electron chi connectivity index (χ1n) is 10.1. The molecule has 2 atom stereocenters. The molecule has 0 aromatic heterocycles. The molecule has 1 aliphatic heterocycles. The van der Waals surface area contributed by atoms with Gasteiger partial charge >= 0.3 is 0 Å². The molecule has 0 aliphatic carbocycles. The number of rotatable bonds is 8. The van der Waals surface area contributed by atoms with Gasteiger partial charge in [-0.1, -0.05) is 58.1 Å². The molecule has 1 heterocycles. The Morgan fingerprint density at radius 2 is 1.79 bits per heavy atom. The maximum absolute atomic E-state index is 3.82. The second-order valence-electron chi connectivity index (χ2n) is 8.23. The molecule has 0 saturated heterocycles. The smallest absolute Gasteiger partial charge is 0.0606 e. The summed E-state index contributed by atoms with van der Waals surface area (Å²) >= 11 is 0. The Bertz CT molecular complexity index is 494. The van der Waals surface area contributed by atoms with Crippen molar-refractivity contribution in [3.63, 3.8) is 0 Å². The van der Waals surface area contributed by atoms with E-state index >= 15 is 0 Å². The van der Waals surface area contributed by atoms with E-state index in [0.29, 0.717) is 12.0 Å². The maximum Gasteiger partial charge on any atom is 0.0606 e. The molecule has 0 saturated carbocycles. The molecule has 2 heteroatoms. The molecule has 1 aliphatic rings. The number of fused-ring (bicyclic) bond motifs is 1. The van der Waals surface area contributed by atoms with Gasteiger partial charge in [0.1, 0.15) is 0 Å². The van der Waals surface area contributed by atoms with Crippen molar-refractivity contribution in [3.05, 3.63) is 24.3 Å². The van der Waals surface area contributed by atoms with E-state index in [1.165, 1.54) is 62.9 Å². The molecule has 2 rings (SSSR count). The number of nitrogens with one attached hydrogen (secondary N) is 1. The third-order valence-electron chi connectivity index (χ3n) is 5.75. The third-order valence-corrected chi connectivity index (χ3v) is 5.75. The van der Waals surface area contributed by atoms with Crippen molar-refractivity contribution in [1.29, 1.82) is 0 Å². The molecular formula is C22H38N2. The van der Waals surface area contributed by atoms with E-state index in [-0.39, 0.29) is 5.54 Å². The Hall–Kier alpha value is -1.18.